The summed E-state index contributed by atoms with van der Waals surface area (Å²) in [5.41, 5.74) is 2.47. The number of nitrogens with zero attached hydrogens (tertiary/aromatic N) is 2. The monoisotopic (exact) mass is 286 g/mol. The molecule has 1 aromatic carbocycles. The third-order valence-electron chi connectivity index (χ3n) is 4.27. The van der Waals surface area contributed by atoms with Crippen LogP contribution in [0.5, 0.6) is 0 Å². The van der Waals surface area contributed by atoms with Gasteiger partial charge in [-0.25, -0.2) is 4.79 Å². The zero-order chi connectivity index (χ0) is 15.0. The van der Waals surface area contributed by atoms with Crippen LogP contribution in [0.1, 0.15) is 48.8 Å². The van der Waals surface area contributed by atoms with E-state index >= 15 is 0 Å². The molecule has 0 saturated carbocycles. The molecule has 0 spiro atoms. The Morgan fingerprint density at radius 2 is 2.00 bits per heavy atom. The lowest BCUT2D eigenvalue weighted by molar-refractivity contribution is 0.0698. The van der Waals surface area contributed by atoms with E-state index in [0.29, 0.717) is 5.56 Å². The first-order valence-corrected chi connectivity index (χ1v) is 7.66. The minimum Gasteiger partial charge on any atom is -0.478 e. The van der Waals surface area contributed by atoms with Crippen molar-refractivity contribution in [3.63, 3.8) is 0 Å². The summed E-state index contributed by atoms with van der Waals surface area (Å²) in [5.74, 6) is -0.853. The second-order valence-corrected chi connectivity index (χ2v) is 6.13. The molecule has 0 bridgehead atoms. The van der Waals surface area contributed by atoms with Gasteiger partial charge in [0.1, 0.15) is 0 Å². The zero-order valence-corrected chi connectivity index (χ0v) is 12.7. The second kappa shape index (κ2) is 5.53. The van der Waals surface area contributed by atoms with Gasteiger partial charge in [-0.05, 0) is 51.9 Å². The van der Waals surface area contributed by atoms with Crippen LogP contribution in [0.15, 0.2) is 24.3 Å². The molecule has 2 aromatic rings. The SMILES string of the molecule is CC(C)n1c(CN2CCCC2)cc2cccc(C(=O)O)c21. The largest absolute Gasteiger partial charge is 0.478 e. The number of carboxylic acid groups (broad SMARTS) is 1. The van der Waals surface area contributed by atoms with Gasteiger partial charge in [0, 0.05) is 23.7 Å². The van der Waals surface area contributed by atoms with Crippen LogP contribution in [0.2, 0.25) is 0 Å². The number of likely N-dealkylation sites (tertiary alicyclic amines) is 1. The Morgan fingerprint density at radius 1 is 1.29 bits per heavy atom. The molecule has 112 valence electrons. The van der Waals surface area contributed by atoms with E-state index in [1.54, 1.807) is 6.07 Å². The number of hydrogen-bond donors (Lipinski definition) is 1. The predicted molar refractivity (Wildman–Crippen MR) is 83.8 cm³/mol. The van der Waals surface area contributed by atoms with Gasteiger partial charge in [-0.3, -0.25) is 4.90 Å². The van der Waals surface area contributed by atoms with Gasteiger partial charge in [0.25, 0.3) is 0 Å². The summed E-state index contributed by atoms with van der Waals surface area (Å²) in [5, 5.41) is 10.5. The van der Waals surface area contributed by atoms with E-state index in [1.165, 1.54) is 18.5 Å². The molecule has 4 heteroatoms. The Balaban J connectivity index is 2.13. The van der Waals surface area contributed by atoms with Crippen LogP contribution in [0.4, 0.5) is 0 Å². The number of para-hydroxylation sites is 1. The highest BCUT2D eigenvalue weighted by Crippen LogP contribution is 2.28. The number of carbonyl (C=O) groups is 1. The number of hydrogen-bond acceptors (Lipinski definition) is 2. The van der Waals surface area contributed by atoms with Crippen LogP contribution < -0.4 is 0 Å². The lowest BCUT2D eigenvalue weighted by atomic mass is 10.1. The third kappa shape index (κ3) is 2.56. The van der Waals surface area contributed by atoms with Crippen LogP contribution in [0.3, 0.4) is 0 Å². The topological polar surface area (TPSA) is 45.5 Å². The summed E-state index contributed by atoms with van der Waals surface area (Å²) < 4.78 is 2.19. The van der Waals surface area contributed by atoms with Crippen molar-refractivity contribution in [2.75, 3.05) is 13.1 Å². The quantitative estimate of drug-likeness (QED) is 0.935. The smallest absolute Gasteiger partial charge is 0.337 e. The van der Waals surface area contributed by atoms with Gasteiger partial charge >= 0.3 is 5.97 Å². The second-order valence-electron chi connectivity index (χ2n) is 6.13. The van der Waals surface area contributed by atoms with Crippen LogP contribution in [0, 0.1) is 0 Å². The molecule has 1 N–H and O–H groups in total. The van der Waals surface area contributed by atoms with Crippen molar-refractivity contribution < 1.29 is 9.90 Å². The number of benzene rings is 1. The fourth-order valence-corrected chi connectivity index (χ4v) is 3.39. The summed E-state index contributed by atoms with van der Waals surface area (Å²) in [7, 11) is 0. The highest BCUT2D eigenvalue weighted by molar-refractivity contribution is 6.02. The lowest BCUT2D eigenvalue weighted by Crippen LogP contribution is -2.21. The van der Waals surface area contributed by atoms with Gasteiger partial charge in [-0.1, -0.05) is 12.1 Å². The van der Waals surface area contributed by atoms with Crippen molar-refractivity contribution in [3.05, 3.63) is 35.5 Å². The molecular formula is C17H22N2O2. The number of aromatic carboxylic acids is 1. The Morgan fingerprint density at radius 3 is 2.62 bits per heavy atom. The maximum atomic E-state index is 11.5. The van der Waals surface area contributed by atoms with Gasteiger partial charge in [0.2, 0.25) is 0 Å². The van der Waals surface area contributed by atoms with E-state index in [1.807, 2.05) is 12.1 Å². The van der Waals surface area contributed by atoms with Gasteiger partial charge < -0.3 is 9.67 Å². The molecule has 4 nitrogen and oxygen atoms in total. The van der Waals surface area contributed by atoms with E-state index in [4.69, 9.17) is 0 Å². The molecule has 1 fully saturated rings. The molecule has 3 rings (SSSR count). The Labute approximate surface area is 125 Å². The van der Waals surface area contributed by atoms with Gasteiger partial charge in [-0.15, -0.1) is 0 Å². The zero-order valence-electron chi connectivity index (χ0n) is 12.7. The molecule has 0 radical (unpaired) electrons. The average molecular weight is 286 g/mol. The molecule has 0 unspecified atom stereocenters. The number of fused-ring (bicyclic) bond motifs is 1. The van der Waals surface area contributed by atoms with Gasteiger partial charge in [0.05, 0.1) is 11.1 Å². The molecule has 2 heterocycles. The van der Waals surface area contributed by atoms with Crippen molar-refractivity contribution in [2.45, 2.75) is 39.3 Å². The van der Waals surface area contributed by atoms with Crippen LogP contribution in [0.25, 0.3) is 10.9 Å². The van der Waals surface area contributed by atoms with Crippen LogP contribution in [-0.2, 0) is 6.54 Å². The van der Waals surface area contributed by atoms with E-state index in [9.17, 15) is 9.90 Å². The number of aromatic nitrogens is 1. The standard InChI is InChI=1S/C17H22N2O2/c1-12(2)19-14(11-18-8-3-4-9-18)10-13-6-5-7-15(16(13)19)17(20)21/h5-7,10,12H,3-4,8-9,11H2,1-2H3,(H,20,21). The molecule has 21 heavy (non-hydrogen) atoms. The minimum atomic E-state index is -0.853. The number of carboxylic acids is 1. The van der Waals surface area contributed by atoms with Gasteiger partial charge in [0.15, 0.2) is 0 Å². The molecule has 1 aliphatic heterocycles. The fourth-order valence-electron chi connectivity index (χ4n) is 3.39. The highest BCUT2D eigenvalue weighted by Gasteiger charge is 2.20. The first-order valence-electron chi connectivity index (χ1n) is 7.66. The molecule has 1 aliphatic rings. The van der Waals surface area contributed by atoms with E-state index < -0.39 is 5.97 Å². The number of rotatable bonds is 4. The van der Waals surface area contributed by atoms with Crippen molar-refractivity contribution in [1.82, 2.24) is 9.47 Å². The normalized spacial score (nSPS) is 16.1. The van der Waals surface area contributed by atoms with Crippen molar-refractivity contribution in [3.8, 4) is 0 Å². The maximum absolute atomic E-state index is 11.5. The maximum Gasteiger partial charge on any atom is 0.337 e. The summed E-state index contributed by atoms with van der Waals surface area (Å²) in [6.45, 7) is 7.43. The molecule has 0 aliphatic carbocycles. The fraction of sp³-hybridized carbons (Fsp3) is 0.471. The van der Waals surface area contributed by atoms with Crippen molar-refractivity contribution >= 4 is 16.9 Å². The predicted octanol–water partition coefficient (Wildman–Crippen LogP) is 3.52. The summed E-state index contributed by atoms with van der Waals surface area (Å²) in [6, 6.07) is 7.94. The lowest BCUT2D eigenvalue weighted by Gasteiger charge is -2.20. The average Bonchev–Trinajstić information content (AvgIpc) is 3.04. The summed E-state index contributed by atoms with van der Waals surface area (Å²) >= 11 is 0. The first kappa shape index (κ1) is 14.1. The van der Waals surface area contributed by atoms with E-state index in [0.717, 1.165) is 30.5 Å². The van der Waals surface area contributed by atoms with Crippen LogP contribution in [-0.4, -0.2) is 33.6 Å². The Kier molecular flexibility index (Phi) is 3.72. The Hall–Kier alpha value is -1.81. The molecule has 1 saturated heterocycles. The first-order chi connectivity index (χ1) is 10.1. The van der Waals surface area contributed by atoms with Gasteiger partial charge in [-0.2, -0.15) is 0 Å². The summed E-state index contributed by atoms with van der Waals surface area (Å²) in [6.07, 6.45) is 2.53. The van der Waals surface area contributed by atoms with E-state index in [2.05, 4.69) is 29.4 Å². The molecule has 0 atom stereocenters. The molecular weight excluding hydrogens is 264 g/mol. The molecule has 0 amide bonds. The molecule has 1 aromatic heterocycles. The highest BCUT2D eigenvalue weighted by atomic mass is 16.4. The summed E-state index contributed by atoms with van der Waals surface area (Å²) in [4.78, 5) is 14.0. The minimum absolute atomic E-state index is 0.251. The van der Waals surface area contributed by atoms with Crippen LogP contribution >= 0.6 is 0 Å². The van der Waals surface area contributed by atoms with Crippen molar-refractivity contribution in [2.24, 2.45) is 0 Å². The van der Waals surface area contributed by atoms with Crippen molar-refractivity contribution in [1.29, 1.82) is 0 Å². The van der Waals surface area contributed by atoms with E-state index in [-0.39, 0.29) is 6.04 Å². The Bertz CT molecular complexity index is 667. The third-order valence-corrected chi connectivity index (χ3v) is 4.27.